The van der Waals surface area contributed by atoms with Crippen LogP contribution < -0.4 is 11.1 Å². The van der Waals surface area contributed by atoms with Gasteiger partial charge in [-0.3, -0.25) is 4.79 Å². The van der Waals surface area contributed by atoms with E-state index in [0.29, 0.717) is 11.0 Å². The maximum atomic E-state index is 13.9. The minimum Gasteiger partial charge on any atom is -0.382 e. The summed E-state index contributed by atoms with van der Waals surface area (Å²) in [5.74, 6) is -2.29. The summed E-state index contributed by atoms with van der Waals surface area (Å²) in [6, 6.07) is 3.27. The van der Waals surface area contributed by atoms with Crippen molar-refractivity contribution in [3.05, 3.63) is 64.2 Å². The first-order valence-corrected chi connectivity index (χ1v) is 9.55. The summed E-state index contributed by atoms with van der Waals surface area (Å²) in [5, 5.41) is 3.47. The van der Waals surface area contributed by atoms with E-state index in [4.69, 9.17) is 5.73 Å². The van der Waals surface area contributed by atoms with Crippen molar-refractivity contribution in [2.24, 2.45) is 5.92 Å². The number of allylic oxidation sites excluding steroid dienone is 3. The molecule has 1 unspecified atom stereocenters. The number of hydrogen-bond acceptors (Lipinski definition) is 5. The van der Waals surface area contributed by atoms with Crippen molar-refractivity contribution in [3.8, 4) is 0 Å². The third-order valence-electron chi connectivity index (χ3n) is 3.96. The molecule has 1 aromatic carbocycles. The molecule has 7 heteroatoms. The highest BCUT2D eigenvalue weighted by Gasteiger charge is 2.24. The molecule has 144 valence electrons. The van der Waals surface area contributed by atoms with Gasteiger partial charge in [0.2, 0.25) is 5.78 Å². The number of rotatable bonds is 8. The second kappa shape index (κ2) is 9.41. The fourth-order valence-electron chi connectivity index (χ4n) is 2.53. The summed E-state index contributed by atoms with van der Waals surface area (Å²) in [5.41, 5.74) is 5.98. The molecule has 0 bridgehead atoms. The van der Waals surface area contributed by atoms with E-state index in [0.717, 1.165) is 42.0 Å². The van der Waals surface area contributed by atoms with Crippen LogP contribution in [0.4, 0.5) is 19.7 Å². The smallest absolute Gasteiger partial charge is 0.212 e. The summed E-state index contributed by atoms with van der Waals surface area (Å²) < 4.78 is 27.8. The van der Waals surface area contributed by atoms with Gasteiger partial charge in [0, 0.05) is 5.70 Å². The zero-order chi connectivity index (χ0) is 20.0. The number of halogens is 2. The fraction of sp³-hybridized carbons (Fsp3) is 0.300. The predicted octanol–water partition coefficient (Wildman–Crippen LogP) is 5.54. The predicted molar refractivity (Wildman–Crippen MR) is 107 cm³/mol. The van der Waals surface area contributed by atoms with Gasteiger partial charge in [-0.15, -0.1) is 0 Å². The number of ketones is 1. The Morgan fingerprint density at radius 1 is 1.37 bits per heavy atom. The van der Waals surface area contributed by atoms with Crippen molar-refractivity contribution in [1.82, 2.24) is 4.98 Å². The van der Waals surface area contributed by atoms with Crippen LogP contribution in [0.15, 0.2) is 42.1 Å². The quantitative estimate of drug-likeness (QED) is 0.458. The summed E-state index contributed by atoms with van der Waals surface area (Å²) in [4.78, 5) is 16.6. The van der Waals surface area contributed by atoms with E-state index >= 15 is 0 Å². The molecule has 0 saturated carbocycles. The Morgan fingerprint density at radius 2 is 2.04 bits per heavy atom. The highest BCUT2D eigenvalue weighted by Crippen LogP contribution is 2.30. The van der Waals surface area contributed by atoms with Crippen molar-refractivity contribution in [2.45, 2.75) is 33.6 Å². The molecule has 0 aliphatic heterocycles. The molecule has 0 fully saturated rings. The van der Waals surface area contributed by atoms with Gasteiger partial charge in [0.1, 0.15) is 22.3 Å². The molecular formula is C20H23F2N3OS. The Morgan fingerprint density at radius 3 is 2.63 bits per heavy atom. The van der Waals surface area contributed by atoms with Crippen LogP contribution in [0, 0.1) is 17.6 Å². The molecule has 0 radical (unpaired) electrons. The van der Waals surface area contributed by atoms with Gasteiger partial charge in [0.15, 0.2) is 5.13 Å². The van der Waals surface area contributed by atoms with Gasteiger partial charge < -0.3 is 11.1 Å². The van der Waals surface area contributed by atoms with E-state index < -0.39 is 23.0 Å². The number of carbonyl (C=O) groups is 1. The Hall–Kier alpha value is -2.54. The minimum atomic E-state index is -0.927. The molecule has 0 spiro atoms. The maximum Gasteiger partial charge on any atom is 0.212 e. The van der Waals surface area contributed by atoms with Crippen LogP contribution in [0.25, 0.3) is 0 Å². The molecular weight excluding hydrogens is 368 g/mol. The van der Waals surface area contributed by atoms with Crippen molar-refractivity contribution in [2.75, 3.05) is 11.1 Å². The number of nitrogens with zero attached hydrogens (tertiary/aromatic N) is 1. The van der Waals surface area contributed by atoms with Crippen molar-refractivity contribution in [1.29, 1.82) is 0 Å². The van der Waals surface area contributed by atoms with Gasteiger partial charge in [-0.2, -0.15) is 0 Å². The molecule has 1 aromatic heterocycles. The standard InChI is InChI=1S/C20H23F2N3OS/c1-4-7-12(3)10-11-13(5-2)24-20-25-19(23)18(27-20)17(26)16-14(21)8-6-9-15(16)22/h5-6,8-12H,4,7,23H2,1-3H3,(H,24,25)/b11-10-,13-5+. The van der Waals surface area contributed by atoms with Crippen LogP contribution in [0.5, 0.6) is 0 Å². The molecule has 1 atom stereocenters. The van der Waals surface area contributed by atoms with Crippen LogP contribution >= 0.6 is 11.3 Å². The van der Waals surface area contributed by atoms with E-state index in [1.807, 2.05) is 19.1 Å². The van der Waals surface area contributed by atoms with Crippen LogP contribution in [0.2, 0.25) is 0 Å². The highest BCUT2D eigenvalue weighted by atomic mass is 32.1. The van der Waals surface area contributed by atoms with Gasteiger partial charge in [0.05, 0.1) is 5.56 Å². The van der Waals surface area contributed by atoms with E-state index in [-0.39, 0.29) is 10.7 Å². The fourth-order valence-corrected chi connectivity index (χ4v) is 3.38. The number of nitrogens with one attached hydrogen (secondary N) is 1. The van der Waals surface area contributed by atoms with Crippen LogP contribution in [-0.2, 0) is 0 Å². The van der Waals surface area contributed by atoms with E-state index in [2.05, 4.69) is 30.2 Å². The third-order valence-corrected chi connectivity index (χ3v) is 4.95. The lowest BCUT2D eigenvalue weighted by Crippen LogP contribution is -2.07. The lowest BCUT2D eigenvalue weighted by molar-refractivity contribution is 0.103. The zero-order valence-electron chi connectivity index (χ0n) is 15.6. The van der Waals surface area contributed by atoms with E-state index in [1.165, 1.54) is 6.07 Å². The van der Waals surface area contributed by atoms with E-state index in [9.17, 15) is 13.6 Å². The van der Waals surface area contributed by atoms with Crippen molar-refractivity contribution in [3.63, 3.8) is 0 Å². The number of nitrogen functional groups attached to an aromatic ring is 1. The van der Waals surface area contributed by atoms with Gasteiger partial charge in [0.25, 0.3) is 0 Å². The Labute approximate surface area is 161 Å². The molecule has 2 aromatic rings. The third kappa shape index (κ3) is 5.23. The topological polar surface area (TPSA) is 68.0 Å². The number of nitrogens with two attached hydrogens (primary N) is 1. The van der Waals surface area contributed by atoms with E-state index in [1.54, 1.807) is 0 Å². The minimum absolute atomic E-state index is 0.000263. The summed E-state index contributed by atoms with van der Waals surface area (Å²) in [7, 11) is 0. The van der Waals surface area contributed by atoms with Gasteiger partial charge in [-0.1, -0.05) is 49.8 Å². The van der Waals surface area contributed by atoms with Crippen molar-refractivity contribution < 1.29 is 13.6 Å². The van der Waals surface area contributed by atoms with Gasteiger partial charge in [-0.25, -0.2) is 13.8 Å². The highest BCUT2D eigenvalue weighted by molar-refractivity contribution is 7.18. The zero-order valence-corrected chi connectivity index (χ0v) is 16.4. The van der Waals surface area contributed by atoms with Crippen molar-refractivity contribution >= 4 is 28.1 Å². The Bertz CT molecular complexity index is 854. The number of hydrogen-bond donors (Lipinski definition) is 2. The van der Waals surface area contributed by atoms with Crippen LogP contribution in [0.1, 0.15) is 48.8 Å². The summed E-state index contributed by atoms with van der Waals surface area (Å²) >= 11 is 0.963. The monoisotopic (exact) mass is 391 g/mol. The Balaban J connectivity index is 2.22. The summed E-state index contributed by atoms with van der Waals surface area (Å²) in [6.07, 6.45) is 8.08. The normalized spacial score (nSPS) is 13.1. The molecule has 4 nitrogen and oxygen atoms in total. The van der Waals surface area contributed by atoms with Crippen LogP contribution in [0.3, 0.4) is 0 Å². The van der Waals surface area contributed by atoms with Gasteiger partial charge in [-0.05, 0) is 37.5 Å². The first kappa shape index (κ1) is 20.8. The average Bonchev–Trinajstić information content (AvgIpc) is 2.98. The molecule has 0 saturated heterocycles. The molecule has 27 heavy (non-hydrogen) atoms. The largest absolute Gasteiger partial charge is 0.382 e. The first-order valence-electron chi connectivity index (χ1n) is 8.73. The number of aromatic nitrogens is 1. The number of anilines is 2. The summed E-state index contributed by atoms with van der Waals surface area (Å²) in [6.45, 7) is 6.14. The lowest BCUT2D eigenvalue weighted by Gasteiger charge is -2.05. The number of thiazole rings is 1. The number of benzene rings is 1. The molecule has 1 heterocycles. The number of carbonyl (C=O) groups excluding carboxylic acids is 1. The maximum absolute atomic E-state index is 13.9. The second-order valence-electron chi connectivity index (χ2n) is 6.15. The van der Waals surface area contributed by atoms with Gasteiger partial charge >= 0.3 is 0 Å². The Kier molecular flexibility index (Phi) is 7.24. The molecule has 0 aliphatic rings. The second-order valence-corrected chi connectivity index (χ2v) is 7.15. The molecule has 2 rings (SSSR count). The average molecular weight is 391 g/mol. The lowest BCUT2D eigenvalue weighted by atomic mass is 10.1. The van der Waals surface area contributed by atoms with Crippen LogP contribution in [-0.4, -0.2) is 10.8 Å². The first-order chi connectivity index (χ1) is 12.9. The SMILES string of the molecule is C/C=C(\C=C/C(C)CCC)Nc1nc(N)c(C(=O)c2c(F)cccc2F)s1. The molecule has 3 N–H and O–H groups in total. The molecule has 0 amide bonds. The molecule has 0 aliphatic carbocycles.